The molecule has 2 aromatic rings. The number of benzene rings is 1. The highest BCUT2D eigenvalue weighted by Gasteiger charge is 2.37. The van der Waals surface area contributed by atoms with Crippen molar-refractivity contribution in [3.05, 3.63) is 47.1 Å². The predicted molar refractivity (Wildman–Crippen MR) is 91.9 cm³/mol. The van der Waals surface area contributed by atoms with Crippen molar-refractivity contribution in [2.45, 2.75) is 45.1 Å². The first-order valence-electron chi connectivity index (χ1n) is 8.82. The molecule has 5 nitrogen and oxygen atoms in total. The summed E-state index contributed by atoms with van der Waals surface area (Å²) in [5, 5.41) is 6.97. The van der Waals surface area contributed by atoms with Crippen molar-refractivity contribution in [3.63, 3.8) is 0 Å². The molecule has 1 N–H and O–H groups in total. The Morgan fingerprint density at radius 3 is 2.84 bits per heavy atom. The topological polar surface area (TPSA) is 58.4 Å². The van der Waals surface area contributed by atoms with Crippen molar-refractivity contribution in [1.29, 1.82) is 0 Å². The average molecular weight is 343 g/mol. The van der Waals surface area contributed by atoms with Crippen molar-refractivity contribution < 1.29 is 13.7 Å². The van der Waals surface area contributed by atoms with Crippen LogP contribution in [0.15, 0.2) is 28.8 Å². The van der Waals surface area contributed by atoms with Crippen LogP contribution in [0.2, 0.25) is 0 Å². The third-order valence-corrected chi connectivity index (χ3v) is 5.10. The van der Waals surface area contributed by atoms with Crippen molar-refractivity contribution in [2.75, 3.05) is 11.9 Å². The third-order valence-electron chi connectivity index (χ3n) is 5.10. The van der Waals surface area contributed by atoms with Gasteiger partial charge in [0.25, 0.3) is 0 Å². The molecule has 1 saturated carbocycles. The number of hydrogen-bond acceptors (Lipinski definition) is 3. The van der Waals surface area contributed by atoms with Crippen LogP contribution in [0.1, 0.15) is 55.2 Å². The van der Waals surface area contributed by atoms with E-state index >= 15 is 0 Å². The molecule has 0 spiro atoms. The summed E-state index contributed by atoms with van der Waals surface area (Å²) < 4.78 is 19.6. The smallest absolute Gasteiger partial charge is 0.322 e. The minimum Gasteiger partial charge on any atom is -0.359 e. The Morgan fingerprint density at radius 2 is 2.12 bits per heavy atom. The molecule has 1 saturated heterocycles. The lowest BCUT2D eigenvalue weighted by Crippen LogP contribution is -2.35. The molecule has 2 atom stereocenters. The Morgan fingerprint density at radius 1 is 1.36 bits per heavy atom. The molecular formula is C19H22FN3O2. The third kappa shape index (κ3) is 3.01. The van der Waals surface area contributed by atoms with Crippen LogP contribution in [0.5, 0.6) is 0 Å². The lowest BCUT2D eigenvalue weighted by molar-refractivity contribution is 0.205. The van der Waals surface area contributed by atoms with E-state index in [4.69, 9.17) is 4.52 Å². The van der Waals surface area contributed by atoms with Crippen LogP contribution in [0.3, 0.4) is 0 Å². The highest BCUT2D eigenvalue weighted by molar-refractivity contribution is 5.91. The quantitative estimate of drug-likeness (QED) is 0.885. The Kier molecular flexibility index (Phi) is 3.98. The summed E-state index contributed by atoms with van der Waals surface area (Å²) in [6, 6.07) is 6.23. The number of carbonyl (C=O) groups is 1. The normalized spacial score (nSPS) is 23.1. The summed E-state index contributed by atoms with van der Waals surface area (Å²) >= 11 is 0. The monoisotopic (exact) mass is 343 g/mol. The molecule has 0 radical (unpaired) electrons. The van der Waals surface area contributed by atoms with Crippen LogP contribution >= 0.6 is 0 Å². The van der Waals surface area contributed by atoms with Gasteiger partial charge in [-0.3, -0.25) is 0 Å². The molecule has 0 bridgehead atoms. The van der Waals surface area contributed by atoms with Gasteiger partial charge < -0.3 is 14.7 Å². The Bertz CT molecular complexity index is 800. The zero-order valence-electron chi connectivity index (χ0n) is 14.5. The minimum atomic E-state index is -0.265. The minimum absolute atomic E-state index is 0.217. The zero-order valence-corrected chi connectivity index (χ0v) is 14.5. The fourth-order valence-electron chi connectivity index (χ4n) is 3.65. The van der Waals surface area contributed by atoms with Crippen LogP contribution in [0.4, 0.5) is 14.9 Å². The number of rotatable bonds is 3. The second kappa shape index (κ2) is 6.17. The molecule has 4 rings (SSSR count). The second-order valence-electron chi connectivity index (χ2n) is 7.24. The number of halogens is 1. The van der Waals surface area contributed by atoms with E-state index in [0.717, 1.165) is 25.0 Å². The second-order valence-corrected chi connectivity index (χ2v) is 7.24. The number of nitrogens with one attached hydrogen (secondary N) is 1. The molecule has 132 valence electrons. The first-order valence-corrected chi connectivity index (χ1v) is 8.82. The number of aromatic nitrogens is 1. The summed E-state index contributed by atoms with van der Waals surface area (Å²) in [6.45, 7) is 4.52. The first kappa shape index (κ1) is 16.1. The van der Waals surface area contributed by atoms with Crippen LogP contribution in [0, 0.1) is 18.7 Å². The largest absolute Gasteiger partial charge is 0.359 e. The lowest BCUT2D eigenvalue weighted by atomic mass is 10.0. The standard InChI is InChI=1S/C19H22FN3O2/c1-11-9-16(14-5-3-4-6-15(14)20)23(10-11)19(24)21-17-12(2)22-25-18(17)13-7-8-13/h3-6,11,13,16H,7-10H2,1-2H3,(H,21,24)/t11-,16+/m1/s1. The molecule has 2 amide bonds. The van der Waals surface area contributed by atoms with Crippen molar-refractivity contribution in [3.8, 4) is 0 Å². The summed E-state index contributed by atoms with van der Waals surface area (Å²) in [5.74, 6) is 1.18. The number of carbonyl (C=O) groups excluding carboxylic acids is 1. The van der Waals surface area contributed by atoms with Crippen molar-refractivity contribution in [2.24, 2.45) is 5.92 Å². The Balaban J connectivity index is 1.58. The Labute approximate surface area is 146 Å². The molecule has 1 aromatic carbocycles. The van der Waals surface area contributed by atoms with E-state index in [2.05, 4.69) is 17.4 Å². The van der Waals surface area contributed by atoms with Gasteiger partial charge >= 0.3 is 6.03 Å². The fraction of sp³-hybridized carbons (Fsp3) is 0.474. The fourth-order valence-corrected chi connectivity index (χ4v) is 3.65. The van der Waals surface area contributed by atoms with Gasteiger partial charge in [0.15, 0.2) is 5.76 Å². The molecule has 25 heavy (non-hydrogen) atoms. The molecule has 2 heterocycles. The Hall–Kier alpha value is -2.37. The summed E-state index contributed by atoms with van der Waals surface area (Å²) in [4.78, 5) is 14.7. The van der Waals surface area contributed by atoms with E-state index in [1.54, 1.807) is 17.0 Å². The predicted octanol–water partition coefficient (Wildman–Crippen LogP) is 4.61. The number of anilines is 1. The zero-order chi connectivity index (χ0) is 17.6. The van der Waals surface area contributed by atoms with E-state index < -0.39 is 0 Å². The molecule has 1 aliphatic heterocycles. The molecule has 6 heteroatoms. The summed E-state index contributed by atoms with van der Waals surface area (Å²) in [6.07, 6.45) is 2.89. The average Bonchev–Trinajstić information content (AvgIpc) is 3.26. The van der Waals surface area contributed by atoms with Gasteiger partial charge in [0, 0.05) is 18.0 Å². The van der Waals surface area contributed by atoms with Gasteiger partial charge in [-0.2, -0.15) is 0 Å². The van der Waals surface area contributed by atoms with Crippen LogP contribution in [-0.4, -0.2) is 22.6 Å². The number of aryl methyl sites for hydroxylation is 1. The van der Waals surface area contributed by atoms with Crippen molar-refractivity contribution >= 4 is 11.7 Å². The number of hydrogen-bond donors (Lipinski definition) is 1. The maximum atomic E-state index is 14.2. The lowest BCUT2D eigenvalue weighted by Gasteiger charge is -2.25. The SMILES string of the molecule is Cc1noc(C2CC2)c1NC(=O)N1C[C@H](C)C[C@H]1c1ccccc1F. The molecule has 2 fully saturated rings. The molecule has 1 aromatic heterocycles. The van der Waals surface area contributed by atoms with Crippen LogP contribution in [0.25, 0.3) is 0 Å². The van der Waals surface area contributed by atoms with Crippen LogP contribution < -0.4 is 5.32 Å². The van der Waals surface area contributed by atoms with Gasteiger partial charge in [-0.25, -0.2) is 9.18 Å². The highest BCUT2D eigenvalue weighted by atomic mass is 19.1. The van der Waals surface area contributed by atoms with Gasteiger partial charge in [0.2, 0.25) is 0 Å². The highest BCUT2D eigenvalue weighted by Crippen LogP contribution is 2.45. The van der Waals surface area contributed by atoms with Gasteiger partial charge in [0.05, 0.1) is 6.04 Å². The van der Waals surface area contributed by atoms with Crippen LogP contribution in [-0.2, 0) is 0 Å². The number of urea groups is 1. The first-order chi connectivity index (χ1) is 12.0. The van der Waals surface area contributed by atoms with Gasteiger partial charge in [-0.1, -0.05) is 30.3 Å². The molecule has 0 unspecified atom stereocenters. The van der Waals surface area contributed by atoms with E-state index in [9.17, 15) is 9.18 Å². The van der Waals surface area contributed by atoms with E-state index in [-0.39, 0.29) is 17.9 Å². The van der Waals surface area contributed by atoms with Gasteiger partial charge in [-0.05, 0) is 38.2 Å². The maximum absolute atomic E-state index is 14.2. The molecule has 2 aliphatic rings. The maximum Gasteiger partial charge on any atom is 0.322 e. The molecular weight excluding hydrogens is 321 g/mol. The van der Waals surface area contributed by atoms with Gasteiger partial charge in [-0.15, -0.1) is 0 Å². The van der Waals surface area contributed by atoms with Gasteiger partial charge in [0.1, 0.15) is 17.2 Å². The number of nitrogens with zero attached hydrogens (tertiary/aromatic N) is 2. The van der Waals surface area contributed by atoms with E-state index in [1.807, 2.05) is 13.0 Å². The molecule has 1 aliphatic carbocycles. The summed E-state index contributed by atoms with van der Waals surface area (Å²) in [7, 11) is 0. The number of amides is 2. The van der Waals surface area contributed by atoms with Crippen molar-refractivity contribution in [1.82, 2.24) is 10.1 Å². The van der Waals surface area contributed by atoms with E-state index in [1.165, 1.54) is 6.07 Å². The van der Waals surface area contributed by atoms with E-state index in [0.29, 0.717) is 35.3 Å². The summed E-state index contributed by atoms with van der Waals surface area (Å²) in [5.41, 5.74) is 1.94. The number of likely N-dealkylation sites (tertiary alicyclic amines) is 1.